The second kappa shape index (κ2) is 8.82. The average Bonchev–Trinajstić information content (AvgIpc) is 2.46. The van der Waals surface area contributed by atoms with Crippen LogP contribution in [0.25, 0.3) is 0 Å². The normalized spacial score (nSPS) is 10.3. The van der Waals surface area contributed by atoms with Crippen LogP contribution in [0, 0.1) is 0 Å². The number of benzene rings is 1. The third kappa shape index (κ3) is 5.87. The maximum Gasteiger partial charge on any atom is 0.225 e. The molecule has 1 heterocycles. The molecule has 0 atom stereocenters. The van der Waals surface area contributed by atoms with Crippen LogP contribution in [0.15, 0.2) is 42.7 Å². The lowest BCUT2D eigenvalue weighted by atomic mass is 10.2. The minimum atomic E-state index is 0. The van der Waals surface area contributed by atoms with Crippen LogP contribution in [0.1, 0.15) is 5.56 Å². The van der Waals surface area contributed by atoms with Crippen molar-refractivity contribution in [2.45, 2.75) is 6.54 Å². The van der Waals surface area contributed by atoms with Crippen LogP contribution in [0.4, 0.5) is 5.95 Å². The van der Waals surface area contributed by atoms with Crippen LogP contribution in [0.5, 0.6) is 0 Å². The summed E-state index contributed by atoms with van der Waals surface area (Å²) in [5.41, 5.74) is 1.20. The number of hydrogen-bond acceptors (Lipinski definition) is 4. The Hall–Kier alpha value is -1.36. The van der Waals surface area contributed by atoms with Gasteiger partial charge in [-0.3, -0.25) is 0 Å². The minimum Gasteiger partial charge on any atom is -0.335 e. The van der Waals surface area contributed by atoms with E-state index < -0.39 is 0 Å². The van der Waals surface area contributed by atoms with Crippen molar-refractivity contribution in [3.05, 3.63) is 53.3 Å². The third-order valence-corrected chi connectivity index (χ3v) is 3.19. The Labute approximate surface area is 137 Å². The molecule has 114 valence electrons. The molecule has 0 fully saturated rings. The second-order valence-corrected chi connectivity index (χ2v) is 5.34. The summed E-state index contributed by atoms with van der Waals surface area (Å²) in [5.74, 6) is 0.754. The first-order valence-corrected chi connectivity index (χ1v) is 6.94. The predicted molar refractivity (Wildman–Crippen MR) is 90.3 cm³/mol. The van der Waals surface area contributed by atoms with Gasteiger partial charge in [-0.05, 0) is 37.9 Å². The summed E-state index contributed by atoms with van der Waals surface area (Å²) in [6.07, 6.45) is 3.54. The van der Waals surface area contributed by atoms with Gasteiger partial charge in [0.15, 0.2) is 0 Å². The summed E-state index contributed by atoms with van der Waals surface area (Å²) in [6, 6.07) is 9.72. The van der Waals surface area contributed by atoms with Gasteiger partial charge >= 0.3 is 0 Å². The predicted octanol–water partition coefficient (Wildman–Crippen LogP) is 3.12. The highest BCUT2D eigenvalue weighted by molar-refractivity contribution is 6.30. The lowest BCUT2D eigenvalue weighted by molar-refractivity contribution is 0.411. The van der Waals surface area contributed by atoms with Gasteiger partial charge in [0.1, 0.15) is 0 Å². The van der Waals surface area contributed by atoms with E-state index >= 15 is 0 Å². The first-order chi connectivity index (χ1) is 9.65. The summed E-state index contributed by atoms with van der Waals surface area (Å²) in [5, 5.41) is 0.754. The second-order valence-electron chi connectivity index (χ2n) is 4.90. The Morgan fingerprint density at radius 1 is 1.00 bits per heavy atom. The molecule has 2 aromatic rings. The van der Waals surface area contributed by atoms with Gasteiger partial charge in [-0.25, -0.2) is 9.97 Å². The summed E-state index contributed by atoms with van der Waals surface area (Å²) in [6.45, 7) is 2.60. The summed E-state index contributed by atoms with van der Waals surface area (Å²) in [4.78, 5) is 13.0. The van der Waals surface area contributed by atoms with E-state index in [-0.39, 0.29) is 12.4 Å². The number of aromatic nitrogens is 2. The van der Waals surface area contributed by atoms with E-state index in [1.807, 2.05) is 30.3 Å². The Kier molecular flexibility index (Phi) is 7.43. The lowest BCUT2D eigenvalue weighted by Crippen LogP contribution is -2.32. The number of rotatable bonds is 6. The number of nitrogens with zero attached hydrogens (tertiary/aromatic N) is 4. The quantitative estimate of drug-likeness (QED) is 0.816. The molecule has 0 saturated heterocycles. The summed E-state index contributed by atoms with van der Waals surface area (Å²) < 4.78 is 0. The van der Waals surface area contributed by atoms with Crippen molar-refractivity contribution < 1.29 is 0 Å². The van der Waals surface area contributed by atoms with E-state index in [1.54, 1.807) is 12.4 Å². The highest BCUT2D eigenvalue weighted by Gasteiger charge is 2.10. The van der Waals surface area contributed by atoms with Crippen molar-refractivity contribution in [2.24, 2.45) is 0 Å². The van der Waals surface area contributed by atoms with Crippen molar-refractivity contribution in [1.29, 1.82) is 0 Å². The molecule has 4 nitrogen and oxygen atoms in total. The van der Waals surface area contributed by atoms with Crippen molar-refractivity contribution in [3.63, 3.8) is 0 Å². The third-order valence-electron chi connectivity index (χ3n) is 2.94. The van der Waals surface area contributed by atoms with Crippen molar-refractivity contribution in [3.8, 4) is 0 Å². The molecule has 0 aliphatic heterocycles. The highest BCUT2D eigenvalue weighted by Crippen LogP contribution is 2.14. The van der Waals surface area contributed by atoms with Gasteiger partial charge in [-0.2, -0.15) is 0 Å². The molecule has 0 saturated carbocycles. The van der Waals surface area contributed by atoms with Crippen molar-refractivity contribution in [1.82, 2.24) is 14.9 Å². The van der Waals surface area contributed by atoms with Gasteiger partial charge in [-0.15, -0.1) is 12.4 Å². The largest absolute Gasteiger partial charge is 0.335 e. The minimum absolute atomic E-state index is 0. The number of halogens is 2. The van der Waals surface area contributed by atoms with Gasteiger partial charge in [0.05, 0.1) is 0 Å². The maximum absolute atomic E-state index is 5.92. The lowest BCUT2D eigenvalue weighted by Gasteiger charge is -2.24. The summed E-state index contributed by atoms with van der Waals surface area (Å²) >= 11 is 5.92. The van der Waals surface area contributed by atoms with E-state index in [4.69, 9.17) is 11.6 Å². The first kappa shape index (κ1) is 17.7. The Balaban J connectivity index is 0.00000220. The van der Waals surface area contributed by atoms with Crippen LogP contribution in [0.2, 0.25) is 5.02 Å². The molecule has 0 spiro atoms. The maximum atomic E-state index is 5.92. The zero-order chi connectivity index (χ0) is 14.4. The standard InChI is InChI=1S/C15H19ClN4.ClH/c1-19(2)10-11-20(15-17-8-3-9-18-15)12-13-4-6-14(16)7-5-13;/h3-9H,10-12H2,1-2H3;1H. The van der Waals surface area contributed by atoms with Gasteiger partial charge < -0.3 is 9.80 Å². The fraction of sp³-hybridized carbons (Fsp3) is 0.333. The molecule has 0 aliphatic rings. The molecule has 0 bridgehead atoms. The topological polar surface area (TPSA) is 32.3 Å². The van der Waals surface area contributed by atoms with Crippen molar-refractivity contribution >= 4 is 30.0 Å². The monoisotopic (exact) mass is 326 g/mol. The number of hydrogen-bond donors (Lipinski definition) is 0. The van der Waals surface area contributed by atoms with E-state index in [1.165, 1.54) is 5.56 Å². The number of anilines is 1. The van der Waals surface area contributed by atoms with Gasteiger partial charge in [-0.1, -0.05) is 23.7 Å². The Morgan fingerprint density at radius 2 is 1.62 bits per heavy atom. The van der Waals surface area contributed by atoms with E-state index in [0.29, 0.717) is 0 Å². The van der Waals surface area contributed by atoms with Crippen LogP contribution >= 0.6 is 24.0 Å². The fourth-order valence-electron chi connectivity index (χ4n) is 1.84. The molecule has 0 aliphatic carbocycles. The van der Waals surface area contributed by atoms with E-state index in [2.05, 4.69) is 33.9 Å². The average molecular weight is 327 g/mol. The summed E-state index contributed by atoms with van der Waals surface area (Å²) in [7, 11) is 4.12. The molecule has 21 heavy (non-hydrogen) atoms. The zero-order valence-electron chi connectivity index (χ0n) is 12.2. The highest BCUT2D eigenvalue weighted by atomic mass is 35.5. The molecule has 1 aromatic heterocycles. The SMILES string of the molecule is CN(C)CCN(Cc1ccc(Cl)cc1)c1ncccn1.Cl. The van der Waals surface area contributed by atoms with Gasteiger partial charge in [0.25, 0.3) is 0 Å². The smallest absolute Gasteiger partial charge is 0.225 e. The number of likely N-dealkylation sites (N-methyl/N-ethyl adjacent to an activating group) is 1. The molecule has 0 N–H and O–H groups in total. The molecule has 0 radical (unpaired) electrons. The van der Waals surface area contributed by atoms with Gasteiger partial charge in [0.2, 0.25) is 5.95 Å². The molecular weight excluding hydrogens is 307 g/mol. The molecule has 0 amide bonds. The molecule has 1 aromatic carbocycles. The van der Waals surface area contributed by atoms with Gasteiger partial charge in [0, 0.05) is 37.1 Å². The van der Waals surface area contributed by atoms with E-state index in [0.717, 1.165) is 30.6 Å². The molecule has 2 rings (SSSR count). The van der Waals surface area contributed by atoms with E-state index in [9.17, 15) is 0 Å². The first-order valence-electron chi connectivity index (χ1n) is 6.56. The molecule has 6 heteroatoms. The Morgan fingerprint density at radius 3 is 2.19 bits per heavy atom. The fourth-order valence-corrected chi connectivity index (χ4v) is 1.96. The van der Waals surface area contributed by atoms with Crippen molar-refractivity contribution in [2.75, 3.05) is 32.1 Å². The van der Waals surface area contributed by atoms with Crippen LogP contribution in [-0.2, 0) is 6.54 Å². The van der Waals surface area contributed by atoms with Crippen LogP contribution in [0.3, 0.4) is 0 Å². The zero-order valence-corrected chi connectivity index (χ0v) is 13.8. The molecule has 0 unspecified atom stereocenters. The Bertz CT molecular complexity index is 517. The molecular formula is C15H20Cl2N4. The van der Waals surface area contributed by atoms with Crippen LogP contribution in [-0.4, -0.2) is 42.1 Å². The van der Waals surface area contributed by atoms with Crippen LogP contribution < -0.4 is 4.90 Å².